The Labute approximate surface area is 120 Å². The Balaban J connectivity index is 2.87. The summed E-state index contributed by atoms with van der Waals surface area (Å²) in [5.41, 5.74) is -0.685. The molecule has 5 heteroatoms. The minimum Gasteiger partial charge on any atom is -0.342 e. The van der Waals surface area contributed by atoms with Crippen molar-refractivity contribution in [2.24, 2.45) is 0 Å². The molecule has 0 spiro atoms. The fraction of sp³-hybridized carbons (Fsp3) is 0.857. The van der Waals surface area contributed by atoms with Crippen LogP contribution < -0.4 is 5.32 Å². The van der Waals surface area contributed by atoms with Crippen molar-refractivity contribution in [3.63, 3.8) is 0 Å². The molecule has 1 aliphatic heterocycles. The van der Waals surface area contributed by atoms with Gasteiger partial charge in [-0.25, -0.2) is 0 Å². The van der Waals surface area contributed by atoms with Crippen molar-refractivity contribution in [2.75, 3.05) is 18.1 Å². The van der Waals surface area contributed by atoms with Crippen LogP contribution in [-0.2, 0) is 9.59 Å². The molecule has 0 aromatic carbocycles. The van der Waals surface area contributed by atoms with Crippen LogP contribution in [0.4, 0.5) is 0 Å². The van der Waals surface area contributed by atoms with E-state index in [1.807, 2.05) is 20.8 Å². The van der Waals surface area contributed by atoms with Gasteiger partial charge in [0, 0.05) is 12.3 Å². The zero-order chi connectivity index (χ0) is 14.5. The molecule has 19 heavy (non-hydrogen) atoms. The third kappa shape index (κ3) is 3.44. The van der Waals surface area contributed by atoms with Crippen molar-refractivity contribution in [3.05, 3.63) is 0 Å². The average molecular weight is 286 g/mol. The van der Waals surface area contributed by atoms with E-state index >= 15 is 0 Å². The van der Waals surface area contributed by atoms with Crippen molar-refractivity contribution in [3.8, 4) is 0 Å². The Bertz CT molecular complexity index is 335. The molecule has 0 aromatic heterocycles. The number of carbonyl (C=O) groups excluding carboxylic acids is 2. The number of piperazine rings is 1. The Morgan fingerprint density at radius 1 is 1.32 bits per heavy atom. The van der Waals surface area contributed by atoms with Gasteiger partial charge in [0.15, 0.2) is 0 Å². The second kappa shape index (κ2) is 7.17. The molecule has 1 N–H and O–H groups in total. The number of carbonyl (C=O) groups is 2. The normalized spacial score (nSPS) is 27.6. The Hall–Kier alpha value is -0.710. The lowest BCUT2D eigenvalue weighted by Crippen LogP contribution is -2.69. The van der Waals surface area contributed by atoms with Crippen LogP contribution in [0.1, 0.15) is 47.0 Å². The van der Waals surface area contributed by atoms with E-state index in [2.05, 4.69) is 12.2 Å². The minimum absolute atomic E-state index is 0.00505. The lowest BCUT2D eigenvalue weighted by molar-refractivity contribution is -0.156. The van der Waals surface area contributed by atoms with E-state index in [0.29, 0.717) is 13.0 Å². The molecule has 0 saturated carbocycles. The van der Waals surface area contributed by atoms with Gasteiger partial charge in [0.2, 0.25) is 11.8 Å². The van der Waals surface area contributed by atoms with E-state index in [1.165, 1.54) is 0 Å². The predicted octanol–water partition coefficient (Wildman–Crippen LogP) is 2.04. The quantitative estimate of drug-likeness (QED) is 0.729. The summed E-state index contributed by atoms with van der Waals surface area (Å²) in [7, 11) is 0. The number of nitrogens with one attached hydrogen (secondary N) is 1. The first-order valence-corrected chi connectivity index (χ1v) is 8.36. The maximum atomic E-state index is 12.5. The van der Waals surface area contributed by atoms with Gasteiger partial charge in [-0.1, -0.05) is 27.2 Å². The van der Waals surface area contributed by atoms with E-state index in [0.717, 1.165) is 24.3 Å². The molecule has 0 aromatic rings. The van der Waals surface area contributed by atoms with Crippen LogP contribution in [0.5, 0.6) is 0 Å². The van der Waals surface area contributed by atoms with E-state index in [4.69, 9.17) is 0 Å². The molecule has 2 amide bonds. The summed E-state index contributed by atoms with van der Waals surface area (Å²) in [5, 5.41) is 2.89. The highest BCUT2D eigenvalue weighted by Gasteiger charge is 2.47. The highest BCUT2D eigenvalue weighted by Crippen LogP contribution is 2.26. The molecule has 0 aliphatic carbocycles. The van der Waals surface area contributed by atoms with Crippen LogP contribution in [0.2, 0.25) is 0 Å². The fourth-order valence-corrected chi connectivity index (χ4v) is 3.02. The van der Waals surface area contributed by atoms with Gasteiger partial charge in [-0.05, 0) is 25.5 Å². The molecule has 1 rings (SSSR count). The first kappa shape index (κ1) is 16.3. The van der Waals surface area contributed by atoms with E-state index in [-0.39, 0.29) is 17.9 Å². The van der Waals surface area contributed by atoms with E-state index in [9.17, 15) is 9.59 Å². The molecule has 1 heterocycles. The molecular weight excluding hydrogens is 260 g/mol. The van der Waals surface area contributed by atoms with Gasteiger partial charge >= 0.3 is 0 Å². The number of hydrogen-bond donors (Lipinski definition) is 1. The molecular formula is C14H26N2O2S. The van der Waals surface area contributed by atoms with Crippen LogP contribution in [0, 0.1) is 0 Å². The zero-order valence-corrected chi connectivity index (χ0v) is 13.3. The molecule has 0 radical (unpaired) electrons. The number of nitrogens with zero attached hydrogens (tertiary/aromatic N) is 1. The van der Waals surface area contributed by atoms with Crippen molar-refractivity contribution >= 4 is 23.6 Å². The summed E-state index contributed by atoms with van der Waals surface area (Å²) in [4.78, 5) is 26.6. The van der Waals surface area contributed by atoms with Gasteiger partial charge in [0.25, 0.3) is 0 Å². The van der Waals surface area contributed by atoms with Gasteiger partial charge in [-0.2, -0.15) is 11.8 Å². The van der Waals surface area contributed by atoms with Gasteiger partial charge in [0.1, 0.15) is 11.6 Å². The van der Waals surface area contributed by atoms with Crippen LogP contribution in [-0.4, -0.2) is 46.3 Å². The smallest absolute Gasteiger partial charge is 0.246 e. The predicted molar refractivity (Wildman–Crippen MR) is 80.2 cm³/mol. The topological polar surface area (TPSA) is 49.4 Å². The van der Waals surface area contributed by atoms with E-state index in [1.54, 1.807) is 16.7 Å². The second-order valence-electron chi connectivity index (χ2n) is 5.13. The van der Waals surface area contributed by atoms with Gasteiger partial charge in [-0.3, -0.25) is 9.59 Å². The van der Waals surface area contributed by atoms with Crippen LogP contribution in [0.15, 0.2) is 0 Å². The zero-order valence-electron chi connectivity index (χ0n) is 12.5. The lowest BCUT2D eigenvalue weighted by atomic mass is 9.89. The highest BCUT2D eigenvalue weighted by molar-refractivity contribution is 7.99. The van der Waals surface area contributed by atoms with Gasteiger partial charge < -0.3 is 10.2 Å². The summed E-state index contributed by atoms with van der Waals surface area (Å²) in [6, 6.07) is -0.330. The van der Waals surface area contributed by atoms with Crippen LogP contribution >= 0.6 is 11.8 Å². The Morgan fingerprint density at radius 3 is 2.53 bits per heavy atom. The lowest BCUT2D eigenvalue weighted by Gasteiger charge is -2.46. The number of thioether (sulfide) groups is 1. The Kier molecular flexibility index (Phi) is 6.17. The Morgan fingerprint density at radius 2 is 2.00 bits per heavy atom. The van der Waals surface area contributed by atoms with Crippen molar-refractivity contribution in [2.45, 2.75) is 58.5 Å². The first-order valence-electron chi connectivity index (χ1n) is 7.21. The van der Waals surface area contributed by atoms with Crippen LogP contribution in [0.3, 0.4) is 0 Å². The number of amides is 2. The summed E-state index contributed by atoms with van der Waals surface area (Å²) in [6.07, 6.45) is 2.28. The van der Waals surface area contributed by atoms with Crippen LogP contribution in [0.25, 0.3) is 0 Å². The maximum absolute atomic E-state index is 12.5. The highest BCUT2D eigenvalue weighted by atomic mass is 32.2. The second-order valence-corrected chi connectivity index (χ2v) is 6.52. The SMILES string of the molecule is CCCC1NC(=O)C(C)(CC)N(CCSCC)C1=O. The van der Waals surface area contributed by atoms with Crippen molar-refractivity contribution in [1.29, 1.82) is 0 Å². The minimum atomic E-state index is -0.685. The monoisotopic (exact) mass is 286 g/mol. The summed E-state index contributed by atoms with van der Waals surface area (Å²) in [6.45, 7) is 8.64. The average Bonchev–Trinajstić information content (AvgIpc) is 2.40. The molecule has 2 atom stereocenters. The molecule has 2 unspecified atom stereocenters. The molecule has 1 saturated heterocycles. The molecule has 4 nitrogen and oxygen atoms in total. The standard InChI is InChI=1S/C14H26N2O2S/c1-5-8-11-12(17)16(9-10-19-7-3)14(4,6-2)13(18)15-11/h11H,5-10H2,1-4H3,(H,15,18). The van der Waals surface area contributed by atoms with Crippen molar-refractivity contribution < 1.29 is 9.59 Å². The third-order valence-electron chi connectivity index (χ3n) is 3.88. The number of hydrogen-bond acceptors (Lipinski definition) is 3. The number of rotatable bonds is 7. The third-order valence-corrected chi connectivity index (χ3v) is 4.76. The maximum Gasteiger partial charge on any atom is 0.246 e. The van der Waals surface area contributed by atoms with E-state index < -0.39 is 5.54 Å². The summed E-state index contributed by atoms with van der Waals surface area (Å²) in [5.74, 6) is 2.01. The molecule has 1 aliphatic rings. The fourth-order valence-electron chi connectivity index (χ4n) is 2.42. The van der Waals surface area contributed by atoms with Crippen molar-refractivity contribution in [1.82, 2.24) is 10.2 Å². The molecule has 0 bridgehead atoms. The largest absolute Gasteiger partial charge is 0.342 e. The van der Waals surface area contributed by atoms with Gasteiger partial charge in [0.05, 0.1) is 0 Å². The van der Waals surface area contributed by atoms with Gasteiger partial charge in [-0.15, -0.1) is 0 Å². The molecule has 110 valence electrons. The summed E-state index contributed by atoms with van der Waals surface area (Å²) >= 11 is 1.81. The molecule has 1 fully saturated rings. The first-order chi connectivity index (χ1) is 9.01. The summed E-state index contributed by atoms with van der Waals surface area (Å²) < 4.78 is 0.